The molecule has 8 nitrogen and oxygen atoms in total. The smallest absolute Gasteiger partial charge is 0.388 e. The molecule has 0 amide bonds. The number of pyridine rings is 1. The number of fused-ring (bicyclic) bond motifs is 1. The van der Waals surface area contributed by atoms with Gasteiger partial charge in [-0.15, -0.1) is 10.2 Å². The fraction of sp³-hybridized carbons (Fsp3) is 0. The number of benzene rings is 1. The normalized spacial score (nSPS) is 11.0. The van der Waals surface area contributed by atoms with E-state index in [1.807, 2.05) is 30.5 Å². The first-order chi connectivity index (χ1) is 11.2. The number of nitrogens with zero attached hydrogens (tertiary/aromatic N) is 4. The van der Waals surface area contributed by atoms with Crippen LogP contribution >= 0.6 is 15.9 Å². The van der Waals surface area contributed by atoms with E-state index in [1.165, 1.54) is 0 Å². The summed E-state index contributed by atoms with van der Waals surface area (Å²) in [4.78, 5) is 15.4. The monoisotopic (exact) mass is 372 g/mol. The van der Waals surface area contributed by atoms with Gasteiger partial charge in [-0.1, -0.05) is 0 Å². The van der Waals surface area contributed by atoms with E-state index in [-0.39, 0.29) is 5.89 Å². The van der Waals surface area contributed by atoms with Crippen LogP contribution in [0, 0.1) is 0 Å². The second kappa shape index (κ2) is 5.36. The third-order valence-corrected chi connectivity index (χ3v) is 3.76. The molecule has 114 valence electrons. The molecule has 23 heavy (non-hydrogen) atoms. The number of hydrogen-bond donors (Lipinski definition) is 2. The molecular weight excluding hydrogens is 364 g/mol. The number of aromatic nitrogens is 5. The summed E-state index contributed by atoms with van der Waals surface area (Å²) >= 11 is 3.44. The van der Waals surface area contributed by atoms with Crippen molar-refractivity contribution in [1.82, 2.24) is 24.8 Å². The Hall–Kier alpha value is -2.94. The van der Waals surface area contributed by atoms with Crippen LogP contribution in [0.2, 0.25) is 0 Å². The average molecular weight is 373 g/mol. The first-order valence-electron chi connectivity index (χ1n) is 6.63. The molecule has 4 rings (SSSR count). The van der Waals surface area contributed by atoms with Crippen LogP contribution in [0.3, 0.4) is 0 Å². The van der Waals surface area contributed by atoms with Gasteiger partial charge >= 0.3 is 5.76 Å². The van der Waals surface area contributed by atoms with E-state index >= 15 is 0 Å². The lowest BCUT2D eigenvalue weighted by molar-refractivity contribution is 0.527. The van der Waals surface area contributed by atoms with Crippen LogP contribution in [-0.4, -0.2) is 24.8 Å². The van der Waals surface area contributed by atoms with E-state index in [1.54, 1.807) is 16.6 Å². The minimum Gasteiger partial charge on any atom is -0.388 e. The summed E-state index contributed by atoms with van der Waals surface area (Å²) in [5.74, 6) is 0.147. The summed E-state index contributed by atoms with van der Waals surface area (Å²) in [5.41, 5.74) is 2.23. The van der Waals surface area contributed by atoms with Crippen molar-refractivity contribution in [2.24, 2.45) is 0 Å². The molecule has 0 aliphatic carbocycles. The van der Waals surface area contributed by atoms with Gasteiger partial charge in [-0.2, -0.15) is 4.98 Å². The van der Waals surface area contributed by atoms with Crippen molar-refractivity contribution >= 4 is 33.2 Å². The summed E-state index contributed by atoms with van der Waals surface area (Å²) in [6, 6.07) is 11.0. The summed E-state index contributed by atoms with van der Waals surface area (Å²) in [5, 5.41) is 13.5. The van der Waals surface area contributed by atoms with Gasteiger partial charge in [0.25, 0.3) is 0 Å². The highest BCUT2D eigenvalue weighted by Gasteiger charge is 2.08. The Labute approximate surface area is 137 Å². The number of halogens is 1. The predicted molar refractivity (Wildman–Crippen MR) is 86.5 cm³/mol. The van der Waals surface area contributed by atoms with E-state index in [4.69, 9.17) is 4.42 Å². The van der Waals surface area contributed by atoms with Gasteiger partial charge in [-0.05, 0) is 52.3 Å². The largest absolute Gasteiger partial charge is 0.434 e. The molecular formula is C14H9BrN6O2. The Morgan fingerprint density at radius 1 is 1.22 bits per heavy atom. The van der Waals surface area contributed by atoms with Crippen molar-refractivity contribution in [2.75, 3.05) is 5.32 Å². The third kappa shape index (κ3) is 2.61. The number of rotatable bonds is 3. The molecule has 0 saturated heterocycles. The summed E-state index contributed by atoms with van der Waals surface area (Å²) in [6.45, 7) is 0. The van der Waals surface area contributed by atoms with Gasteiger partial charge in [-0.3, -0.25) is 0 Å². The van der Waals surface area contributed by atoms with Crippen molar-refractivity contribution < 1.29 is 4.42 Å². The molecule has 0 unspecified atom stereocenters. The molecule has 0 fully saturated rings. The number of hydrogen-bond acceptors (Lipinski definition) is 6. The molecule has 0 radical (unpaired) electrons. The van der Waals surface area contributed by atoms with E-state index in [0.29, 0.717) is 11.5 Å². The number of nitrogens with one attached hydrogen (secondary N) is 2. The fourth-order valence-corrected chi connectivity index (χ4v) is 2.53. The Kier molecular flexibility index (Phi) is 3.19. The Morgan fingerprint density at radius 2 is 2.04 bits per heavy atom. The van der Waals surface area contributed by atoms with Crippen LogP contribution in [0.5, 0.6) is 0 Å². The van der Waals surface area contributed by atoms with Gasteiger partial charge in [-0.25, -0.2) is 14.4 Å². The van der Waals surface area contributed by atoms with E-state index in [2.05, 4.69) is 41.5 Å². The second-order valence-electron chi connectivity index (χ2n) is 4.68. The standard InChI is InChI=1S/C14H9BrN6O2/c15-10-2-1-7-21-11(10)17-13(20-21)16-9-5-3-8(4-6-9)12-18-19-14(22)23-12/h1-7H,(H,16,20)(H,19,22). The maximum absolute atomic E-state index is 11.0. The summed E-state index contributed by atoms with van der Waals surface area (Å²) in [7, 11) is 0. The first-order valence-corrected chi connectivity index (χ1v) is 7.42. The van der Waals surface area contributed by atoms with Crippen LogP contribution in [0.25, 0.3) is 17.1 Å². The maximum atomic E-state index is 11.0. The number of aromatic amines is 1. The maximum Gasteiger partial charge on any atom is 0.434 e. The second-order valence-corrected chi connectivity index (χ2v) is 5.53. The number of anilines is 2. The van der Waals surface area contributed by atoms with Gasteiger partial charge in [0.05, 0.1) is 4.47 Å². The SMILES string of the molecule is O=c1[nH]nc(-c2ccc(Nc3nc4c(Br)cccn4n3)cc2)o1. The topological polar surface area (TPSA) is 101 Å². The molecule has 0 spiro atoms. The lowest BCUT2D eigenvalue weighted by atomic mass is 10.2. The minimum atomic E-state index is -0.582. The molecule has 0 aliphatic rings. The molecule has 1 aromatic carbocycles. The Morgan fingerprint density at radius 3 is 2.74 bits per heavy atom. The van der Waals surface area contributed by atoms with Crippen LogP contribution in [0.4, 0.5) is 11.6 Å². The molecule has 2 N–H and O–H groups in total. The first kappa shape index (κ1) is 13.7. The predicted octanol–water partition coefficient (Wildman–Crippen LogP) is 2.58. The third-order valence-electron chi connectivity index (χ3n) is 3.14. The van der Waals surface area contributed by atoms with Crippen molar-refractivity contribution in [3.8, 4) is 11.5 Å². The minimum absolute atomic E-state index is 0.247. The molecule has 3 heterocycles. The molecule has 3 aromatic heterocycles. The van der Waals surface area contributed by atoms with Crippen LogP contribution in [0.1, 0.15) is 0 Å². The van der Waals surface area contributed by atoms with Crippen molar-refractivity contribution in [2.45, 2.75) is 0 Å². The Bertz CT molecular complexity index is 1030. The van der Waals surface area contributed by atoms with Gasteiger partial charge in [0, 0.05) is 17.4 Å². The van der Waals surface area contributed by atoms with Crippen LogP contribution in [-0.2, 0) is 0 Å². The van der Waals surface area contributed by atoms with E-state index in [9.17, 15) is 4.79 Å². The zero-order valence-corrected chi connectivity index (χ0v) is 13.1. The van der Waals surface area contributed by atoms with Crippen LogP contribution < -0.4 is 11.1 Å². The van der Waals surface area contributed by atoms with Crippen LogP contribution in [0.15, 0.2) is 56.3 Å². The molecule has 0 aliphatic heterocycles. The van der Waals surface area contributed by atoms with Gasteiger partial charge in [0.1, 0.15) is 0 Å². The van der Waals surface area contributed by atoms with Crippen molar-refractivity contribution in [3.05, 3.63) is 57.6 Å². The highest BCUT2D eigenvalue weighted by atomic mass is 79.9. The van der Waals surface area contributed by atoms with E-state index in [0.717, 1.165) is 15.8 Å². The van der Waals surface area contributed by atoms with Crippen molar-refractivity contribution in [3.63, 3.8) is 0 Å². The Balaban J connectivity index is 1.60. The summed E-state index contributed by atoms with van der Waals surface area (Å²) < 4.78 is 7.45. The molecule has 4 aromatic rings. The molecule has 9 heteroatoms. The highest BCUT2D eigenvalue weighted by molar-refractivity contribution is 9.10. The van der Waals surface area contributed by atoms with E-state index < -0.39 is 5.76 Å². The van der Waals surface area contributed by atoms with Crippen molar-refractivity contribution in [1.29, 1.82) is 0 Å². The highest BCUT2D eigenvalue weighted by Crippen LogP contribution is 2.21. The zero-order chi connectivity index (χ0) is 15.8. The lowest BCUT2D eigenvalue weighted by Crippen LogP contribution is -1.93. The fourth-order valence-electron chi connectivity index (χ4n) is 2.11. The number of H-pyrrole nitrogens is 1. The molecule has 0 atom stereocenters. The quantitative estimate of drug-likeness (QED) is 0.573. The van der Waals surface area contributed by atoms with Gasteiger partial charge in [0.2, 0.25) is 11.8 Å². The zero-order valence-electron chi connectivity index (χ0n) is 11.5. The average Bonchev–Trinajstić information content (AvgIpc) is 3.15. The lowest BCUT2D eigenvalue weighted by Gasteiger charge is -2.01. The summed E-state index contributed by atoms with van der Waals surface area (Å²) in [6.07, 6.45) is 1.82. The molecule has 0 saturated carbocycles. The molecule has 0 bridgehead atoms. The van der Waals surface area contributed by atoms with Gasteiger partial charge in [0.15, 0.2) is 5.65 Å². The van der Waals surface area contributed by atoms with Gasteiger partial charge < -0.3 is 9.73 Å².